The first-order valence-electron chi connectivity index (χ1n) is 10.6. The average Bonchev–Trinajstić information content (AvgIpc) is 3.14. The molecule has 0 aliphatic carbocycles. The fourth-order valence-corrected chi connectivity index (χ4v) is 3.97. The zero-order chi connectivity index (χ0) is 24.3. The van der Waals surface area contributed by atoms with Crippen molar-refractivity contribution >= 4 is 17.3 Å². The summed E-state index contributed by atoms with van der Waals surface area (Å²) in [6, 6.07) is 22.7. The van der Waals surface area contributed by atoms with E-state index in [1.807, 2.05) is 43.3 Å². The molecule has 5 nitrogen and oxygen atoms in total. The molecule has 1 aliphatic heterocycles. The normalized spacial score (nSPS) is 18.1. The van der Waals surface area contributed by atoms with Gasteiger partial charge in [-0.2, -0.15) is 5.26 Å². The van der Waals surface area contributed by atoms with Crippen LogP contribution in [0.2, 0.25) is 0 Å². The Morgan fingerprint density at radius 1 is 1.06 bits per heavy atom. The minimum atomic E-state index is -4.82. The summed E-state index contributed by atoms with van der Waals surface area (Å²) in [5.74, 6) is -0.695. The lowest BCUT2D eigenvalue weighted by molar-refractivity contribution is -0.274. The number of aliphatic imine (C=N–C) groups is 1. The first-order valence-corrected chi connectivity index (χ1v) is 10.6. The van der Waals surface area contributed by atoms with Crippen LogP contribution in [0.3, 0.4) is 0 Å². The number of carbonyl (C=O) groups excluding carboxylic acids is 1. The van der Waals surface area contributed by atoms with Gasteiger partial charge in [-0.25, -0.2) is 0 Å². The standard InChI is InChI=1S/C26H20F3N3O2/c1-17(19-6-3-2-4-7-19)31-23-15-24(20-8-5-9-22(14-20)34-26(27,28)29)32(25(23)33)21-12-10-18(16-30)11-13-21/h2-14,17,24H,15H2,1H3/t17-,24-/m1/s1. The highest BCUT2D eigenvalue weighted by molar-refractivity contribution is 6.46. The average molecular weight is 463 g/mol. The number of halogens is 3. The summed E-state index contributed by atoms with van der Waals surface area (Å²) in [7, 11) is 0. The molecule has 34 heavy (non-hydrogen) atoms. The van der Waals surface area contributed by atoms with Crippen LogP contribution in [0.1, 0.15) is 42.1 Å². The van der Waals surface area contributed by atoms with Crippen LogP contribution in [0.25, 0.3) is 0 Å². The van der Waals surface area contributed by atoms with Crippen LogP contribution in [0.15, 0.2) is 83.9 Å². The van der Waals surface area contributed by atoms with Gasteiger partial charge in [-0.1, -0.05) is 42.5 Å². The highest BCUT2D eigenvalue weighted by Crippen LogP contribution is 2.38. The van der Waals surface area contributed by atoms with Crippen LogP contribution in [0.4, 0.5) is 18.9 Å². The van der Waals surface area contributed by atoms with Crippen molar-refractivity contribution in [3.63, 3.8) is 0 Å². The lowest BCUT2D eigenvalue weighted by Gasteiger charge is -2.25. The molecule has 1 heterocycles. The van der Waals surface area contributed by atoms with Crippen molar-refractivity contribution in [1.29, 1.82) is 5.26 Å². The smallest absolute Gasteiger partial charge is 0.406 e. The Balaban J connectivity index is 1.73. The van der Waals surface area contributed by atoms with Gasteiger partial charge in [0.15, 0.2) is 0 Å². The number of rotatable bonds is 5. The third-order valence-electron chi connectivity index (χ3n) is 5.55. The molecule has 0 unspecified atom stereocenters. The van der Waals surface area contributed by atoms with Crippen molar-refractivity contribution in [2.45, 2.75) is 31.8 Å². The monoisotopic (exact) mass is 463 g/mol. The predicted octanol–water partition coefficient (Wildman–Crippen LogP) is 6.14. The van der Waals surface area contributed by atoms with Crippen molar-refractivity contribution in [3.8, 4) is 11.8 Å². The largest absolute Gasteiger partial charge is 0.573 e. The summed E-state index contributed by atoms with van der Waals surface area (Å²) < 4.78 is 42.4. The molecule has 0 aromatic heterocycles. The van der Waals surface area contributed by atoms with Gasteiger partial charge in [0, 0.05) is 12.1 Å². The maximum absolute atomic E-state index is 13.4. The van der Waals surface area contributed by atoms with Crippen molar-refractivity contribution in [3.05, 3.63) is 95.6 Å². The molecule has 4 rings (SSSR count). The summed E-state index contributed by atoms with van der Waals surface area (Å²) >= 11 is 0. The third-order valence-corrected chi connectivity index (χ3v) is 5.55. The van der Waals surface area contributed by atoms with Crippen LogP contribution in [0.5, 0.6) is 5.75 Å². The Hall–Kier alpha value is -4.12. The van der Waals surface area contributed by atoms with Gasteiger partial charge in [0.1, 0.15) is 11.5 Å². The number of amides is 1. The molecular formula is C26H20F3N3O2. The number of carbonyl (C=O) groups is 1. The fraction of sp³-hybridized carbons (Fsp3) is 0.192. The zero-order valence-corrected chi connectivity index (χ0v) is 18.2. The van der Waals surface area contributed by atoms with E-state index in [9.17, 15) is 18.0 Å². The number of nitrogens with zero attached hydrogens (tertiary/aromatic N) is 3. The van der Waals surface area contributed by atoms with Gasteiger partial charge in [0.25, 0.3) is 5.91 Å². The molecule has 1 saturated heterocycles. The second-order valence-corrected chi connectivity index (χ2v) is 7.84. The summed E-state index contributed by atoms with van der Waals surface area (Å²) in [6.07, 6.45) is -4.61. The second kappa shape index (κ2) is 9.40. The molecule has 2 atom stereocenters. The number of hydrogen-bond donors (Lipinski definition) is 0. The van der Waals surface area contributed by atoms with E-state index in [2.05, 4.69) is 9.73 Å². The van der Waals surface area contributed by atoms with Gasteiger partial charge in [-0.05, 0) is 54.4 Å². The van der Waals surface area contributed by atoms with Crippen LogP contribution >= 0.6 is 0 Å². The number of alkyl halides is 3. The highest BCUT2D eigenvalue weighted by atomic mass is 19.4. The Kier molecular flexibility index (Phi) is 6.37. The van der Waals surface area contributed by atoms with Gasteiger partial charge in [0.05, 0.1) is 23.7 Å². The predicted molar refractivity (Wildman–Crippen MR) is 121 cm³/mol. The minimum Gasteiger partial charge on any atom is -0.406 e. The van der Waals surface area contributed by atoms with Gasteiger partial charge in [-0.3, -0.25) is 14.7 Å². The lowest BCUT2D eigenvalue weighted by atomic mass is 10.0. The van der Waals surface area contributed by atoms with Crippen LogP contribution in [-0.2, 0) is 4.79 Å². The Bertz CT molecular complexity index is 1250. The maximum Gasteiger partial charge on any atom is 0.573 e. The molecule has 0 saturated carbocycles. The third kappa shape index (κ3) is 5.09. The number of hydrogen-bond acceptors (Lipinski definition) is 4. The van der Waals surface area contributed by atoms with E-state index >= 15 is 0 Å². The molecular weight excluding hydrogens is 443 g/mol. The van der Waals surface area contributed by atoms with Crippen LogP contribution < -0.4 is 9.64 Å². The number of anilines is 1. The molecule has 1 amide bonds. The molecule has 0 spiro atoms. The van der Waals surface area contributed by atoms with E-state index in [-0.39, 0.29) is 24.1 Å². The van der Waals surface area contributed by atoms with Crippen molar-refractivity contribution in [1.82, 2.24) is 0 Å². The molecule has 3 aromatic carbocycles. The molecule has 1 aliphatic rings. The topological polar surface area (TPSA) is 65.7 Å². The first-order chi connectivity index (χ1) is 16.2. The number of nitriles is 1. The molecule has 3 aromatic rings. The molecule has 0 bridgehead atoms. The molecule has 172 valence electrons. The van der Waals surface area contributed by atoms with E-state index in [4.69, 9.17) is 5.26 Å². The maximum atomic E-state index is 13.4. The van der Waals surface area contributed by atoms with Crippen molar-refractivity contribution in [2.75, 3.05) is 4.90 Å². The molecule has 8 heteroatoms. The minimum absolute atomic E-state index is 0.214. The van der Waals surface area contributed by atoms with E-state index < -0.39 is 12.4 Å². The van der Waals surface area contributed by atoms with Crippen molar-refractivity contribution in [2.24, 2.45) is 4.99 Å². The van der Waals surface area contributed by atoms with E-state index in [0.29, 0.717) is 22.5 Å². The Morgan fingerprint density at radius 3 is 2.41 bits per heavy atom. The van der Waals surface area contributed by atoms with E-state index in [0.717, 1.165) is 5.56 Å². The van der Waals surface area contributed by atoms with Gasteiger partial charge < -0.3 is 4.74 Å². The number of ether oxygens (including phenoxy) is 1. The van der Waals surface area contributed by atoms with E-state index in [1.165, 1.54) is 23.1 Å². The van der Waals surface area contributed by atoms with Gasteiger partial charge >= 0.3 is 6.36 Å². The first kappa shape index (κ1) is 23.1. The van der Waals surface area contributed by atoms with Gasteiger partial charge in [0.2, 0.25) is 0 Å². The SMILES string of the molecule is C[C@@H](N=C1C[C@H](c2cccc(OC(F)(F)F)c2)N(c2ccc(C#N)cc2)C1=O)c1ccccc1. The summed E-state index contributed by atoms with van der Waals surface area (Å²) in [4.78, 5) is 19.6. The molecule has 1 fully saturated rings. The van der Waals surface area contributed by atoms with Crippen molar-refractivity contribution < 1.29 is 22.7 Å². The summed E-state index contributed by atoms with van der Waals surface area (Å²) in [5.41, 5.74) is 2.70. The zero-order valence-electron chi connectivity index (χ0n) is 18.2. The van der Waals surface area contributed by atoms with Crippen LogP contribution in [0, 0.1) is 11.3 Å². The number of benzene rings is 3. The molecule has 0 N–H and O–H groups in total. The summed E-state index contributed by atoms with van der Waals surface area (Å²) in [6.45, 7) is 1.88. The lowest BCUT2D eigenvalue weighted by Crippen LogP contribution is -2.29. The van der Waals surface area contributed by atoms with Gasteiger partial charge in [-0.15, -0.1) is 13.2 Å². The Labute approximate surface area is 194 Å². The van der Waals surface area contributed by atoms with Crippen LogP contribution in [-0.4, -0.2) is 18.0 Å². The fourth-order valence-electron chi connectivity index (χ4n) is 3.97. The second-order valence-electron chi connectivity index (χ2n) is 7.84. The highest BCUT2D eigenvalue weighted by Gasteiger charge is 2.39. The quantitative estimate of drug-likeness (QED) is 0.457. The Morgan fingerprint density at radius 2 is 1.76 bits per heavy atom. The van der Waals surface area contributed by atoms with E-state index in [1.54, 1.807) is 30.3 Å². The summed E-state index contributed by atoms with van der Waals surface area (Å²) in [5, 5.41) is 9.09. The molecule has 0 radical (unpaired) electrons.